The van der Waals surface area contributed by atoms with E-state index in [1.165, 1.54) is 17.7 Å². The van der Waals surface area contributed by atoms with Gasteiger partial charge in [-0.25, -0.2) is 4.39 Å². The lowest BCUT2D eigenvalue weighted by Crippen LogP contribution is -2.48. The monoisotopic (exact) mass is 489 g/mol. The van der Waals surface area contributed by atoms with Gasteiger partial charge in [0.2, 0.25) is 5.91 Å². The Morgan fingerprint density at radius 2 is 1.57 bits per heavy atom. The number of nitrogens with zero attached hydrogens (tertiary/aromatic N) is 3. The average Bonchev–Trinajstić information content (AvgIpc) is 3.28. The van der Waals surface area contributed by atoms with E-state index in [4.69, 9.17) is 0 Å². The largest absolute Gasteiger partial charge is 0.368 e. The molecule has 5 rings (SSSR count). The van der Waals surface area contributed by atoms with E-state index < -0.39 is 0 Å². The molecule has 2 heterocycles. The third-order valence-corrected chi connectivity index (χ3v) is 7.91. The van der Waals surface area contributed by atoms with Crippen LogP contribution in [-0.4, -0.2) is 60.1 Å². The molecule has 3 aromatic carbocycles. The molecule has 180 valence electrons. The van der Waals surface area contributed by atoms with E-state index in [1.807, 2.05) is 52.3 Å². The summed E-state index contributed by atoms with van der Waals surface area (Å²) in [5.74, 6) is 0.422. The molecule has 0 saturated carbocycles. The Bertz CT molecular complexity index is 1160. The van der Waals surface area contributed by atoms with E-state index >= 15 is 0 Å². The van der Waals surface area contributed by atoms with Gasteiger partial charge in [0.15, 0.2) is 0 Å². The van der Waals surface area contributed by atoms with E-state index in [9.17, 15) is 14.0 Å². The Hall–Kier alpha value is -3.32. The number of hydrogen-bond donors (Lipinski definition) is 0. The molecule has 0 aromatic heterocycles. The SMILES string of the molecule is O=C(c1ccc(C2SCC(=O)N2CCc2ccccc2)cc1)N1CCN(c2ccc(F)cc2)CC1. The van der Waals surface area contributed by atoms with Gasteiger partial charge in [0, 0.05) is 44.0 Å². The zero-order valence-electron chi connectivity index (χ0n) is 19.5. The second-order valence-corrected chi connectivity index (χ2v) is 9.93. The van der Waals surface area contributed by atoms with Crippen molar-refractivity contribution in [1.82, 2.24) is 9.80 Å². The van der Waals surface area contributed by atoms with Gasteiger partial charge >= 0.3 is 0 Å². The van der Waals surface area contributed by atoms with E-state index in [-0.39, 0.29) is 23.0 Å². The van der Waals surface area contributed by atoms with Crippen molar-refractivity contribution in [3.63, 3.8) is 0 Å². The van der Waals surface area contributed by atoms with Crippen LogP contribution in [0.2, 0.25) is 0 Å². The van der Waals surface area contributed by atoms with E-state index in [0.29, 0.717) is 44.0 Å². The Labute approximate surface area is 209 Å². The smallest absolute Gasteiger partial charge is 0.253 e. The number of hydrogen-bond acceptors (Lipinski definition) is 4. The van der Waals surface area contributed by atoms with Gasteiger partial charge in [-0.3, -0.25) is 9.59 Å². The molecule has 5 nitrogen and oxygen atoms in total. The van der Waals surface area contributed by atoms with Gasteiger partial charge in [-0.2, -0.15) is 0 Å². The van der Waals surface area contributed by atoms with Crippen LogP contribution in [0.5, 0.6) is 0 Å². The maximum absolute atomic E-state index is 13.2. The fraction of sp³-hybridized carbons (Fsp3) is 0.286. The summed E-state index contributed by atoms with van der Waals surface area (Å²) in [7, 11) is 0. The summed E-state index contributed by atoms with van der Waals surface area (Å²) < 4.78 is 13.2. The number of anilines is 1. The van der Waals surface area contributed by atoms with Gasteiger partial charge in [0.25, 0.3) is 5.91 Å². The first kappa shape index (κ1) is 23.4. The minimum absolute atomic E-state index is 0.0189. The molecule has 0 aliphatic carbocycles. The molecule has 7 heteroatoms. The zero-order valence-corrected chi connectivity index (χ0v) is 20.3. The minimum Gasteiger partial charge on any atom is -0.368 e. The molecule has 2 amide bonds. The fourth-order valence-electron chi connectivity index (χ4n) is 4.66. The van der Waals surface area contributed by atoms with Crippen LogP contribution in [0, 0.1) is 5.82 Å². The number of rotatable bonds is 6. The van der Waals surface area contributed by atoms with Crippen molar-refractivity contribution in [1.29, 1.82) is 0 Å². The van der Waals surface area contributed by atoms with Crippen LogP contribution >= 0.6 is 11.8 Å². The minimum atomic E-state index is -0.245. The van der Waals surface area contributed by atoms with Gasteiger partial charge in [-0.1, -0.05) is 42.5 Å². The van der Waals surface area contributed by atoms with Crippen LogP contribution in [0.15, 0.2) is 78.9 Å². The molecule has 2 aliphatic heterocycles. The van der Waals surface area contributed by atoms with Crippen LogP contribution in [0.4, 0.5) is 10.1 Å². The molecule has 2 saturated heterocycles. The highest BCUT2D eigenvalue weighted by Gasteiger charge is 2.32. The van der Waals surface area contributed by atoms with Crippen LogP contribution in [0.25, 0.3) is 0 Å². The predicted molar refractivity (Wildman–Crippen MR) is 138 cm³/mol. The maximum atomic E-state index is 13.2. The number of amides is 2. The molecule has 1 atom stereocenters. The summed E-state index contributed by atoms with van der Waals surface area (Å²) in [5, 5.41) is -0.0189. The number of carbonyl (C=O) groups excluding carboxylic acids is 2. The highest BCUT2D eigenvalue weighted by Crippen LogP contribution is 2.38. The first-order valence-electron chi connectivity index (χ1n) is 11.9. The van der Waals surface area contributed by atoms with Gasteiger partial charge < -0.3 is 14.7 Å². The van der Waals surface area contributed by atoms with E-state index in [1.54, 1.807) is 23.9 Å². The van der Waals surface area contributed by atoms with Crippen molar-refractivity contribution in [2.75, 3.05) is 43.4 Å². The Balaban J connectivity index is 1.19. The number of carbonyl (C=O) groups is 2. The summed E-state index contributed by atoms with van der Waals surface area (Å²) in [6.45, 7) is 3.36. The quantitative estimate of drug-likeness (QED) is 0.508. The summed E-state index contributed by atoms with van der Waals surface area (Å²) >= 11 is 1.64. The van der Waals surface area contributed by atoms with Gasteiger partial charge in [-0.05, 0) is 53.9 Å². The molecule has 35 heavy (non-hydrogen) atoms. The molecule has 1 unspecified atom stereocenters. The van der Waals surface area contributed by atoms with Crippen LogP contribution < -0.4 is 4.90 Å². The molecule has 0 bridgehead atoms. The molecule has 2 aliphatic rings. The van der Waals surface area contributed by atoms with Gasteiger partial charge in [-0.15, -0.1) is 11.8 Å². The first-order chi connectivity index (χ1) is 17.1. The number of benzene rings is 3. The van der Waals surface area contributed by atoms with Crippen molar-refractivity contribution in [3.8, 4) is 0 Å². The second-order valence-electron chi connectivity index (χ2n) is 8.86. The Morgan fingerprint density at radius 3 is 2.26 bits per heavy atom. The fourth-order valence-corrected chi connectivity index (χ4v) is 5.88. The second kappa shape index (κ2) is 10.5. The highest BCUT2D eigenvalue weighted by molar-refractivity contribution is 8.00. The topological polar surface area (TPSA) is 43.9 Å². The lowest BCUT2D eigenvalue weighted by molar-refractivity contribution is -0.128. The average molecular weight is 490 g/mol. The maximum Gasteiger partial charge on any atom is 0.253 e. The molecular weight excluding hydrogens is 461 g/mol. The van der Waals surface area contributed by atoms with Crippen molar-refractivity contribution in [3.05, 3.63) is 101 Å². The number of thioether (sulfide) groups is 1. The van der Waals surface area contributed by atoms with Crippen molar-refractivity contribution in [2.45, 2.75) is 11.8 Å². The zero-order chi connectivity index (χ0) is 24.2. The molecule has 3 aromatic rings. The number of halogens is 1. The highest BCUT2D eigenvalue weighted by atomic mass is 32.2. The van der Waals surface area contributed by atoms with Gasteiger partial charge in [0.1, 0.15) is 11.2 Å². The van der Waals surface area contributed by atoms with Crippen LogP contribution in [-0.2, 0) is 11.2 Å². The van der Waals surface area contributed by atoms with Crippen molar-refractivity contribution < 1.29 is 14.0 Å². The lowest BCUT2D eigenvalue weighted by atomic mass is 10.1. The molecule has 0 spiro atoms. The standard InChI is InChI=1S/C28H28FN3O2S/c29-24-10-12-25(13-11-24)30-16-18-31(19-17-30)27(34)22-6-8-23(9-7-22)28-32(26(33)20-35-28)15-14-21-4-2-1-3-5-21/h1-13,28H,14-20H2. The van der Waals surface area contributed by atoms with Gasteiger partial charge in [0.05, 0.1) is 5.75 Å². The normalized spacial score (nSPS) is 18.3. The molecule has 0 N–H and O–H groups in total. The molecule has 0 radical (unpaired) electrons. The Morgan fingerprint density at radius 1 is 0.886 bits per heavy atom. The summed E-state index contributed by atoms with van der Waals surface area (Å²) in [4.78, 5) is 31.6. The summed E-state index contributed by atoms with van der Waals surface area (Å²) in [5.41, 5.74) is 3.90. The van der Waals surface area contributed by atoms with E-state index in [0.717, 1.165) is 17.7 Å². The predicted octanol–water partition coefficient (Wildman–Crippen LogP) is 4.60. The third-order valence-electron chi connectivity index (χ3n) is 6.65. The Kier molecular flexibility index (Phi) is 7.04. The summed E-state index contributed by atoms with van der Waals surface area (Å²) in [6, 6.07) is 24.4. The van der Waals surface area contributed by atoms with Crippen LogP contribution in [0.3, 0.4) is 0 Å². The van der Waals surface area contributed by atoms with Crippen molar-refractivity contribution >= 4 is 29.3 Å². The molecular formula is C28H28FN3O2S. The van der Waals surface area contributed by atoms with Crippen molar-refractivity contribution in [2.24, 2.45) is 0 Å². The first-order valence-corrected chi connectivity index (χ1v) is 13.0. The molecule has 2 fully saturated rings. The summed E-state index contributed by atoms with van der Waals surface area (Å²) in [6.07, 6.45) is 0.824. The third kappa shape index (κ3) is 5.35. The van der Waals surface area contributed by atoms with Crippen LogP contribution in [0.1, 0.15) is 26.9 Å². The lowest BCUT2D eigenvalue weighted by Gasteiger charge is -2.36. The van der Waals surface area contributed by atoms with E-state index in [2.05, 4.69) is 17.0 Å². The number of piperazine rings is 1.